The van der Waals surface area contributed by atoms with E-state index >= 15 is 0 Å². The third-order valence-electron chi connectivity index (χ3n) is 4.33. The average Bonchev–Trinajstić information content (AvgIpc) is 3.01. The molecule has 0 aliphatic carbocycles. The second kappa shape index (κ2) is 8.76. The summed E-state index contributed by atoms with van der Waals surface area (Å²) in [6.45, 7) is 5.05. The monoisotopic (exact) mass is 449 g/mol. The van der Waals surface area contributed by atoms with Gasteiger partial charge in [-0.2, -0.15) is 0 Å². The molecule has 1 aromatic heterocycles. The number of halogens is 1. The maximum Gasteiger partial charge on any atom is 0.264 e. The van der Waals surface area contributed by atoms with E-state index < -0.39 is 10.0 Å². The van der Waals surface area contributed by atoms with Crippen LogP contribution in [0.15, 0.2) is 51.9 Å². The number of anilines is 2. The first-order valence-corrected chi connectivity index (χ1v) is 10.8. The van der Waals surface area contributed by atoms with Crippen molar-refractivity contribution in [3.8, 4) is 5.75 Å². The van der Waals surface area contributed by atoms with Crippen LogP contribution in [0.25, 0.3) is 0 Å². The Bertz CT molecular complexity index is 1170. The van der Waals surface area contributed by atoms with Crippen molar-refractivity contribution in [3.63, 3.8) is 0 Å². The van der Waals surface area contributed by atoms with Crippen LogP contribution < -0.4 is 14.8 Å². The Balaban J connectivity index is 1.60. The number of carbonyl (C=O) groups is 1. The van der Waals surface area contributed by atoms with Crippen LogP contribution in [0, 0.1) is 20.8 Å². The van der Waals surface area contributed by atoms with E-state index in [1.54, 1.807) is 32.0 Å². The summed E-state index contributed by atoms with van der Waals surface area (Å²) in [5.74, 6) is 0.209. The second-order valence-electron chi connectivity index (χ2n) is 6.60. The summed E-state index contributed by atoms with van der Waals surface area (Å²) in [5.41, 5.74) is 2.48. The van der Waals surface area contributed by atoms with E-state index in [0.717, 1.165) is 5.56 Å². The molecular formula is C20H20ClN3O5S. The summed E-state index contributed by atoms with van der Waals surface area (Å²) in [5, 5.41) is 6.98. The van der Waals surface area contributed by atoms with E-state index in [2.05, 4.69) is 15.2 Å². The minimum atomic E-state index is -3.85. The lowest BCUT2D eigenvalue weighted by Crippen LogP contribution is -2.20. The van der Waals surface area contributed by atoms with E-state index in [0.29, 0.717) is 27.7 Å². The van der Waals surface area contributed by atoms with Crippen molar-refractivity contribution < 1.29 is 22.5 Å². The van der Waals surface area contributed by atoms with E-state index in [4.69, 9.17) is 20.9 Å². The molecule has 158 valence electrons. The van der Waals surface area contributed by atoms with Crippen LogP contribution in [0.2, 0.25) is 5.02 Å². The van der Waals surface area contributed by atoms with Gasteiger partial charge in [-0.25, -0.2) is 13.1 Å². The number of aromatic nitrogens is 1. The Morgan fingerprint density at radius 3 is 2.43 bits per heavy atom. The molecule has 0 saturated heterocycles. The number of hydrogen-bond donors (Lipinski definition) is 2. The van der Waals surface area contributed by atoms with Gasteiger partial charge in [-0.15, -0.1) is 0 Å². The molecule has 2 N–H and O–H groups in total. The molecule has 3 aromatic rings. The minimum Gasteiger partial charge on any atom is -0.484 e. The average molecular weight is 450 g/mol. The quantitative estimate of drug-likeness (QED) is 0.562. The molecule has 0 saturated carbocycles. The van der Waals surface area contributed by atoms with Gasteiger partial charge in [0.1, 0.15) is 5.75 Å². The van der Waals surface area contributed by atoms with E-state index in [9.17, 15) is 13.2 Å². The zero-order valence-corrected chi connectivity index (χ0v) is 18.1. The number of hydrogen-bond acceptors (Lipinski definition) is 6. The molecule has 0 aliphatic heterocycles. The summed E-state index contributed by atoms with van der Waals surface area (Å²) < 4.78 is 37.8. The van der Waals surface area contributed by atoms with Gasteiger partial charge in [0.15, 0.2) is 6.61 Å². The standard InChI is InChI=1S/C20H20ClN3O5S/c1-12-10-16(6-9-18(12)21)28-11-19(25)22-15-4-7-17(8-5-15)30(26,27)24-20-13(2)14(3)23-29-20/h4-10,24H,11H2,1-3H3,(H,22,25). The molecule has 0 bridgehead atoms. The predicted molar refractivity (Wildman–Crippen MR) is 114 cm³/mol. The van der Waals surface area contributed by atoms with Crippen molar-refractivity contribution in [1.82, 2.24) is 5.16 Å². The van der Waals surface area contributed by atoms with Crippen molar-refractivity contribution in [2.75, 3.05) is 16.6 Å². The third-order valence-corrected chi connectivity index (χ3v) is 6.10. The van der Waals surface area contributed by atoms with Gasteiger partial charge in [0, 0.05) is 16.3 Å². The first-order valence-electron chi connectivity index (χ1n) is 8.90. The molecule has 0 atom stereocenters. The summed E-state index contributed by atoms with van der Waals surface area (Å²) in [6, 6.07) is 10.8. The maximum absolute atomic E-state index is 12.5. The molecule has 10 heteroatoms. The van der Waals surface area contributed by atoms with Crippen LogP contribution in [0.5, 0.6) is 5.75 Å². The molecule has 0 unspecified atom stereocenters. The number of aryl methyl sites for hydroxylation is 2. The van der Waals surface area contributed by atoms with Crippen LogP contribution in [0.1, 0.15) is 16.8 Å². The summed E-state index contributed by atoms with van der Waals surface area (Å²) in [4.78, 5) is 12.1. The number of rotatable bonds is 7. The molecule has 3 rings (SSSR count). The highest BCUT2D eigenvalue weighted by atomic mass is 35.5. The molecular weight excluding hydrogens is 430 g/mol. The zero-order valence-electron chi connectivity index (χ0n) is 16.5. The van der Waals surface area contributed by atoms with Crippen molar-refractivity contribution in [2.24, 2.45) is 0 Å². The largest absolute Gasteiger partial charge is 0.484 e. The Kier molecular flexibility index (Phi) is 6.33. The molecule has 30 heavy (non-hydrogen) atoms. The first-order chi connectivity index (χ1) is 14.2. The Labute approximate surface area is 179 Å². The minimum absolute atomic E-state index is 0.0156. The van der Waals surface area contributed by atoms with Gasteiger partial charge in [0.2, 0.25) is 5.88 Å². The highest BCUT2D eigenvalue weighted by Gasteiger charge is 2.19. The molecule has 1 amide bonds. The van der Waals surface area contributed by atoms with Crippen molar-refractivity contribution >= 4 is 39.1 Å². The summed E-state index contributed by atoms with van der Waals surface area (Å²) >= 11 is 5.96. The molecule has 1 heterocycles. The Morgan fingerprint density at radius 2 is 1.83 bits per heavy atom. The van der Waals surface area contributed by atoms with Gasteiger partial charge in [0.25, 0.3) is 15.9 Å². The van der Waals surface area contributed by atoms with Gasteiger partial charge in [0.05, 0.1) is 10.6 Å². The topological polar surface area (TPSA) is 111 Å². The highest BCUT2D eigenvalue weighted by molar-refractivity contribution is 7.92. The van der Waals surface area contributed by atoms with Crippen LogP contribution in [0.3, 0.4) is 0 Å². The maximum atomic E-state index is 12.5. The smallest absolute Gasteiger partial charge is 0.264 e. The number of carbonyl (C=O) groups excluding carboxylic acids is 1. The lowest BCUT2D eigenvalue weighted by atomic mass is 10.2. The van der Waals surface area contributed by atoms with Crippen molar-refractivity contribution in [3.05, 3.63) is 64.3 Å². The Hall–Kier alpha value is -3.04. The van der Waals surface area contributed by atoms with Crippen molar-refractivity contribution in [1.29, 1.82) is 0 Å². The summed E-state index contributed by atoms with van der Waals surface area (Å²) in [6.07, 6.45) is 0. The molecule has 0 fully saturated rings. The number of benzene rings is 2. The van der Waals surface area contributed by atoms with Gasteiger partial charge in [-0.1, -0.05) is 16.8 Å². The van der Waals surface area contributed by atoms with Crippen molar-refractivity contribution in [2.45, 2.75) is 25.7 Å². The fourth-order valence-electron chi connectivity index (χ4n) is 2.46. The van der Waals surface area contributed by atoms with E-state index in [1.165, 1.54) is 24.3 Å². The van der Waals surface area contributed by atoms with Crippen LogP contribution in [-0.2, 0) is 14.8 Å². The fraction of sp³-hybridized carbons (Fsp3) is 0.200. The third kappa shape index (κ3) is 5.11. The van der Waals surface area contributed by atoms with Gasteiger partial charge < -0.3 is 14.6 Å². The highest BCUT2D eigenvalue weighted by Crippen LogP contribution is 2.23. The molecule has 2 aromatic carbocycles. The van der Waals surface area contributed by atoms with E-state index in [1.807, 2.05) is 6.92 Å². The normalized spacial score (nSPS) is 11.2. The van der Waals surface area contributed by atoms with Gasteiger partial charge >= 0.3 is 0 Å². The van der Waals surface area contributed by atoms with Gasteiger partial charge in [-0.05, 0) is 68.8 Å². The van der Waals surface area contributed by atoms with Crippen LogP contribution in [0.4, 0.5) is 11.6 Å². The van der Waals surface area contributed by atoms with Crippen LogP contribution in [-0.4, -0.2) is 26.1 Å². The first kappa shape index (κ1) is 21.7. The van der Waals surface area contributed by atoms with Gasteiger partial charge in [-0.3, -0.25) is 4.79 Å². The molecule has 0 aliphatic rings. The lowest BCUT2D eigenvalue weighted by Gasteiger charge is -2.10. The number of nitrogens with zero attached hydrogens (tertiary/aromatic N) is 1. The summed E-state index contributed by atoms with van der Waals surface area (Å²) in [7, 11) is -3.85. The number of ether oxygens (including phenoxy) is 1. The van der Waals surface area contributed by atoms with Crippen LogP contribution >= 0.6 is 11.6 Å². The van der Waals surface area contributed by atoms with E-state index in [-0.39, 0.29) is 23.3 Å². The number of nitrogens with one attached hydrogen (secondary N) is 2. The molecule has 8 nitrogen and oxygen atoms in total. The number of amides is 1. The predicted octanol–water partition coefficient (Wildman–Crippen LogP) is 4.07. The Morgan fingerprint density at radius 1 is 1.13 bits per heavy atom. The SMILES string of the molecule is Cc1cc(OCC(=O)Nc2ccc(S(=O)(=O)Nc3onc(C)c3C)cc2)ccc1Cl. The molecule has 0 spiro atoms. The number of sulfonamides is 1. The fourth-order valence-corrected chi connectivity index (χ4v) is 3.63. The second-order valence-corrected chi connectivity index (χ2v) is 8.69. The lowest BCUT2D eigenvalue weighted by molar-refractivity contribution is -0.118. The molecule has 0 radical (unpaired) electrons. The zero-order chi connectivity index (χ0) is 21.9.